The highest BCUT2D eigenvalue weighted by Gasteiger charge is 2.20. The molecule has 0 spiro atoms. The van der Waals surface area contributed by atoms with Crippen LogP contribution in [0.15, 0.2) is 24.3 Å². The molecule has 1 aromatic carbocycles. The van der Waals surface area contributed by atoms with Gasteiger partial charge in [-0.15, -0.1) is 0 Å². The molecular formula is C23H33N7O3. The molecule has 0 unspecified atom stereocenters. The van der Waals surface area contributed by atoms with Crippen LogP contribution >= 0.6 is 0 Å². The van der Waals surface area contributed by atoms with E-state index in [1.54, 1.807) is 0 Å². The Morgan fingerprint density at radius 2 is 1.97 bits per heavy atom. The molecule has 1 saturated heterocycles. The fourth-order valence-electron chi connectivity index (χ4n) is 3.63. The van der Waals surface area contributed by atoms with Crippen LogP contribution in [0.1, 0.15) is 47.9 Å². The fourth-order valence-corrected chi connectivity index (χ4v) is 3.63. The number of aromatic nitrogens is 2. The average molecular weight is 456 g/mol. The number of hydrogen-bond acceptors (Lipinski definition) is 8. The van der Waals surface area contributed by atoms with Crippen LogP contribution in [0.4, 0.5) is 17.3 Å². The first-order chi connectivity index (χ1) is 16.0. The SMILES string of the molecule is CCc1nc(C(N)=O)c(Nc2cccc(CCNC(=O)CCN)c2)nc1NC1CCOCC1. The molecule has 2 amide bonds. The van der Waals surface area contributed by atoms with E-state index in [9.17, 15) is 9.59 Å². The molecule has 3 rings (SSSR count). The van der Waals surface area contributed by atoms with Crippen LogP contribution in [0.25, 0.3) is 0 Å². The molecule has 10 heteroatoms. The summed E-state index contributed by atoms with van der Waals surface area (Å²) in [6.07, 6.45) is 3.36. The average Bonchev–Trinajstić information content (AvgIpc) is 2.80. The normalized spacial score (nSPS) is 14.0. The number of nitrogens with two attached hydrogens (primary N) is 2. The fraction of sp³-hybridized carbons (Fsp3) is 0.478. The van der Waals surface area contributed by atoms with E-state index < -0.39 is 5.91 Å². The number of nitrogens with one attached hydrogen (secondary N) is 3. The number of hydrogen-bond donors (Lipinski definition) is 5. The molecule has 2 heterocycles. The lowest BCUT2D eigenvalue weighted by atomic mass is 10.1. The number of benzene rings is 1. The summed E-state index contributed by atoms with van der Waals surface area (Å²) >= 11 is 0. The van der Waals surface area contributed by atoms with Gasteiger partial charge in [0.05, 0.1) is 5.69 Å². The summed E-state index contributed by atoms with van der Waals surface area (Å²) in [7, 11) is 0. The van der Waals surface area contributed by atoms with Crippen LogP contribution in [-0.2, 0) is 22.4 Å². The molecule has 0 radical (unpaired) electrons. The lowest BCUT2D eigenvalue weighted by Crippen LogP contribution is -2.29. The summed E-state index contributed by atoms with van der Waals surface area (Å²) in [5.74, 6) is 0.253. The van der Waals surface area contributed by atoms with E-state index in [0.29, 0.717) is 62.9 Å². The number of nitrogens with zero attached hydrogens (tertiary/aromatic N) is 2. The minimum Gasteiger partial charge on any atom is -0.381 e. The minimum atomic E-state index is -0.643. The third-order valence-electron chi connectivity index (χ3n) is 5.40. The molecule has 0 saturated carbocycles. The predicted octanol–water partition coefficient (Wildman–Crippen LogP) is 1.48. The summed E-state index contributed by atoms with van der Waals surface area (Å²) in [4.78, 5) is 32.9. The Labute approximate surface area is 193 Å². The van der Waals surface area contributed by atoms with Crippen molar-refractivity contribution >= 4 is 29.1 Å². The Morgan fingerprint density at radius 3 is 2.67 bits per heavy atom. The summed E-state index contributed by atoms with van der Waals surface area (Å²) in [6, 6.07) is 7.93. The van der Waals surface area contributed by atoms with Gasteiger partial charge in [0.2, 0.25) is 5.91 Å². The van der Waals surface area contributed by atoms with Gasteiger partial charge in [0.15, 0.2) is 17.3 Å². The van der Waals surface area contributed by atoms with Crippen LogP contribution in [0.3, 0.4) is 0 Å². The van der Waals surface area contributed by atoms with E-state index in [1.165, 1.54) is 0 Å². The molecule has 7 N–H and O–H groups in total. The summed E-state index contributed by atoms with van der Waals surface area (Å²) in [6.45, 7) is 4.22. The molecule has 1 aliphatic heterocycles. The van der Waals surface area contributed by atoms with Gasteiger partial charge in [0, 0.05) is 44.5 Å². The second-order valence-corrected chi connectivity index (χ2v) is 7.93. The maximum absolute atomic E-state index is 12.1. The van der Waals surface area contributed by atoms with E-state index in [4.69, 9.17) is 21.2 Å². The van der Waals surface area contributed by atoms with Gasteiger partial charge in [-0.25, -0.2) is 9.97 Å². The topological polar surface area (TPSA) is 157 Å². The lowest BCUT2D eigenvalue weighted by molar-refractivity contribution is -0.120. The van der Waals surface area contributed by atoms with Crippen LogP contribution in [-0.4, -0.2) is 54.1 Å². The third-order valence-corrected chi connectivity index (χ3v) is 5.40. The number of aryl methyl sites for hydroxylation is 1. The summed E-state index contributed by atoms with van der Waals surface area (Å²) < 4.78 is 5.43. The number of amides is 2. The zero-order valence-corrected chi connectivity index (χ0v) is 19.0. The van der Waals surface area contributed by atoms with Crippen LogP contribution < -0.4 is 27.4 Å². The second-order valence-electron chi connectivity index (χ2n) is 7.93. The number of carbonyl (C=O) groups excluding carboxylic acids is 2. The molecule has 1 aromatic heterocycles. The van der Waals surface area contributed by atoms with Gasteiger partial charge in [-0.3, -0.25) is 9.59 Å². The predicted molar refractivity (Wildman–Crippen MR) is 128 cm³/mol. The highest BCUT2D eigenvalue weighted by molar-refractivity contribution is 5.96. The molecule has 178 valence electrons. The highest BCUT2D eigenvalue weighted by atomic mass is 16.5. The molecule has 1 aliphatic rings. The Balaban J connectivity index is 1.77. The molecule has 33 heavy (non-hydrogen) atoms. The number of rotatable bonds is 11. The van der Waals surface area contributed by atoms with Gasteiger partial charge in [0.1, 0.15) is 0 Å². The molecule has 10 nitrogen and oxygen atoms in total. The van der Waals surface area contributed by atoms with Crippen molar-refractivity contribution in [1.82, 2.24) is 15.3 Å². The van der Waals surface area contributed by atoms with E-state index in [-0.39, 0.29) is 17.6 Å². The van der Waals surface area contributed by atoms with E-state index in [0.717, 1.165) is 24.1 Å². The Morgan fingerprint density at radius 1 is 1.18 bits per heavy atom. The largest absolute Gasteiger partial charge is 0.381 e. The van der Waals surface area contributed by atoms with Crippen molar-refractivity contribution in [3.05, 3.63) is 41.2 Å². The Kier molecular flexibility index (Phi) is 8.96. The second kappa shape index (κ2) is 12.1. The molecule has 0 bridgehead atoms. The summed E-state index contributed by atoms with van der Waals surface area (Å²) in [5.41, 5.74) is 13.6. The van der Waals surface area contributed by atoms with Crippen LogP contribution in [0.2, 0.25) is 0 Å². The van der Waals surface area contributed by atoms with Gasteiger partial charge < -0.3 is 32.2 Å². The van der Waals surface area contributed by atoms with Crippen molar-refractivity contribution in [2.24, 2.45) is 11.5 Å². The number of anilines is 3. The maximum Gasteiger partial charge on any atom is 0.271 e. The summed E-state index contributed by atoms with van der Waals surface area (Å²) in [5, 5.41) is 9.50. The van der Waals surface area contributed by atoms with Crippen molar-refractivity contribution in [1.29, 1.82) is 0 Å². The third kappa shape index (κ3) is 7.13. The zero-order valence-electron chi connectivity index (χ0n) is 19.0. The highest BCUT2D eigenvalue weighted by Crippen LogP contribution is 2.24. The number of primary amides is 1. The Bertz CT molecular complexity index is 961. The van der Waals surface area contributed by atoms with Gasteiger partial charge >= 0.3 is 0 Å². The van der Waals surface area contributed by atoms with Crippen molar-refractivity contribution in [2.45, 2.75) is 45.1 Å². The minimum absolute atomic E-state index is 0.0614. The lowest BCUT2D eigenvalue weighted by Gasteiger charge is -2.25. The van der Waals surface area contributed by atoms with Gasteiger partial charge in [-0.05, 0) is 43.4 Å². The van der Waals surface area contributed by atoms with E-state index in [2.05, 4.69) is 20.9 Å². The van der Waals surface area contributed by atoms with Crippen LogP contribution in [0.5, 0.6) is 0 Å². The quantitative estimate of drug-likeness (QED) is 0.341. The van der Waals surface area contributed by atoms with Crippen molar-refractivity contribution in [2.75, 3.05) is 36.9 Å². The van der Waals surface area contributed by atoms with Crippen LogP contribution in [0, 0.1) is 0 Å². The van der Waals surface area contributed by atoms with E-state index in [1.807, 2.05) is 31.2 Å². The first-order valence-electron chi connectivity index (χ1n) is 11.4. The zero-order chi connectivity index (χ0) is 23.6. The van der Waals surface area contributed by atoms with Gasteiger partial charge in [0.25, 0.3) is 5.91 Å². The number of carbonyl (C=O) groups is 2. The number of ether oxygens (including phenoxy) is 1. The monoisotopic (exact) mass is 455 g/mol. The Hall–Kier alpha value is -3.24. The van der Waals surface area contributed by atoms with Gasteiger partial charge in [-0.1, -0.05) is 19.1 Å². The first kappa shape index (κ1) is 24.4. The molecule has 0 atom stereocenters. The molecule has 0 aliphatic carbocycles. The smallest absolute Gasteiger partial charge is 0.271 e. The van der Waals surface area contributed by atoms with Gasteiger partial charge in [-0.2, -0.15) is 0 Å². The first-order valence-corrected chi connectivity index (χ1v) is 11.4. The van der Waals surface area contributed by atoms with Crippen molar-refractivity contribution in [3.8, 4) is 0 Å². The molecule has 1 fully saturated rings. The van der Waals surface area contributed by atoms with Crippen molar-refractivity contribution in [3.63, 3.8) is 0 Å². The van der Waals surface area contributed by atoms with Crippen molar-refractivity contribution < 1.29 is 14.3 Å². The van der Waals surface area contributed by atoms with E-state index >= 15 is 0 Å². The molecule has 2 aromatic rings. The standard InChI is InChI=1S/C23H33N7O3/c1-2-18-22(27-16-8-12-33-13-9-16)30-23(20(29-18)21(25)32)28-17-5-3-4-15(14-17)7-11-26-19(31)6-10-24/h3-5,14,16H,2,6-13,24H2,1H3,(H2,25,32)(H,26,31)(H2,27,28,30). The maximum atomic E-state index is 12.1. The molecular weight excluding hydrogens is 422 g/mol.